The molecule has 0 radical (unpaired) electrons. The van der Waals surface area contributed by atoms with Gasteiger partial charge in [0.1, 0.15) is 0 Å². The number of nitrogens with zero attached hydrogens (tertiary/aromatic N) is 4. The minimum Gasteiger partial charge on any atom is -0.493 e. The van der Waals surface area contributed by atoms with Crippen LogP contribution in [0.5, 0.6) is 5.75 Å². The minimum absolute atomic E-state index is 0.235. The summed E-state index contributed by atoms with van der Waals surface area (Å²) in [6.07, 6.45) is 1.68. The summed E-state index contributed by atoms with van der Waals surface area (Å²) in [4.78, 5) is 14.3. The summed E-state index contributed by atoms with van der Waals surface area (Å²) in [5.41, 5.74) is 1.10. The third-order valence-corrected chi connectivity index (χ3v) is 3.51. The van der Waals surface area contributed by atoms with Gasteiger partial charge in [-0.25, -0.2) is 4.68 Å². The molecule has 0 fully saturated rings. The summed E-state index contributed by atoms with van der Waals surface area (Å²) in [6.45, 7) is 4.54. The van der Waals surface area contributed by atoms with E-state index in [4.69, 9.17) is 10.00 Å². The number of rotatable bonds is 6. The zero-order chi connectivity index (χ0) is 16.8. The van der Waals surface area contributed by atoms with Gasteiger partial charge in [-0.3, -0.25) is 4.79 Å². The van der Waals surface area contributed by atoms with Crippen LogP contribution in [0.3, 0.4) is 0 Å². The maximum atomic E-state index is 12.7. The summed E-state index contributed by atoms with van der Waals surface area (Å²) in [6, 6.07) is 11.7. The molecular weight excluding hydrogens is 292 g/mol. The maximum Gasteiger partial charge on any atom is 0.278 e. The van der Waals surface area contributed by atoms with E-state index in [1.165, 1.54) is 7.11 Å². The second kappa shape index (κ2) is 7.45. The number of ether oxygens (including phenoxy) is 1. The van der Waals surface area contributed by atoms with Crippen LogP contribution in [0.25, 0.3) is 5.69 Å². The molecule has 23 heavy (non-hydrogen) atoms. The topological polar surface area (TPSA) is 71.2 Å². The molecule has 2 aromatic rings. The summed E-state index contributed by atoms with van der Waals surface area (Å²) in [7, 11) is 1.51. The van der Waals surface area contributed by atoms with Gasteiger partial charge in [0.25, 0.3) is 5.91 Å². The van der Waals surface area contributed by atoms with E-state index >= 15 is 0 Å². The fourth-order valence-electron chi connectivity index (χ4n) is 2.25. The summed E-state index contributed by atoms with van der Waals surface area (Å²) >= 11 is 0. The van der Waals surface area contributed by atoms with Gasteiger partial charge in [-0.05, 0) is 26.0 Å². The molecule has 1 heterocycles. The quantitative estimate of drug-likeness (QED) is 0.821. The number of amides is 1. The molecule has 6 heteroatoms. The van der Waals surface area contributed by atoms with Gasteiger partial charge in [0.2, 0.25) is 0 Å². The lowest BCUT2D eigenvalue weighted by Gasteiger charge is -2.21. The fraction of sp³-hybridized carbons (Fsp3) is 0.353. The molecular formula is C17H20N4O2. The van der Waals surface area contributed by atoms with E-state index in [1.807, 2.05) is 37.3 Å². The zero-order valence-electron chi connectivity index (χ0n) is 13.6. The van der Waals surface area contributed by atoms with Gasteiger partial charge in [0, 0.05) is 13.1 Å². The Bertz CT molecular complexity index is 703. The first-order valence-electron chi connectivity index (χ1n) is 7.48. The molecule has 0 bridgehead atoms. The van der Waals surface area contributed by atoms with Crippen LogP contribution in [0.1, 0.15) is 24.3 Å². The van der Waals surface area contributed by atoms with Crippen LogP contribution in [-0.4, -0.2) is 40.8 Å². The van der Waals surface area contributed by atoms with Crippen LogP contribution in [0.2, 0.25) is 0 Å². The van der Waals surface area contributed by atoms with E-state index in [0.29, 0.717) is 18.8 Å². The Hall–Kier alpha value is -2.81. The lowest BCUT2D eigenvalue weighted by molar-refractivity contribution is 0.0743. The number of methoxy groups -OCH3 is 1. The summed E-state index contributed by atoms with van der Waals surface area (Å²) < 4.78 is 6.92. The van der Waals surface area contributed by atoms with Crippen molar-refractivity contribution in [3.05, 3.63) is 42.2 Å². The van der Waals surface area contributed by atoms with Crippen molar-refractivity contribution in [2.24, 2.45) is 5.92 Å². The van der Waals surface area contributed by atoms with Gasteiger partial charge < -0.3 is 9.64 Å². The number of carbonyl (C=O) groups is 1. The van der Waals surface area contributed by atoms with Crippen LogP contribution in [0.15, 0.2) is 36.5 Å². The molecule has 1 aromatic carbocycles. The van der Waals surface area contributed by atoms with Gasteiger partial charge in [-0.15, -0.1) is 0 Å². The first-order chi connectivity index (χ1) is 11.1. The molecule has 0 unspecified atom stereocenters. The Balaban J connectivity index is 2.33. The van der Waals surface area contributed by atoms with E-state index < -0.39 is 0 Å². The smallest absolute Gasteiger partial charge is 0.278 e. The van der Waals surface area contributed by atoms with Crippen molar-refractivity contribution in [3.8, 4) is 17.5 Å². The monoisotopic (exact) mass is 312 g/mol. The third-order valence-electron chi connectivity index (χ3n) is 3.51. The first-order valence-corrected chi connectivity index (χ1v) is 7.48. The largest absolute Gasteiger partial charge is 0.493 e. The van der Waals surface area contributed by atoms with Crippen molar-refractivity contribution in [3.63, 3.8) is 0 Å². The zero-order valence-corrected chi connectivity index (χ0v) is 13.6. The van der Waals surface area contributed by atoms with E-state index in [-0.39, 0.29) is 17.5 Å². The van der Waals surface area contributed by atoms with Gasteiger partial charge in [0.05, 0.1) is 31.0 Å². The Kier molecular flexibility index (Phi) is 5.36. The molecule has 0 aliphatic heterocycles. The van der Waals surface area contributed by atoms with E-state index in [2.05, 4.69) is 11.2 Å². The first kappa shape index (κ1) is 16.6. The predicted octanol–water partition coefficient (Wildman–Crippen LogP) is 2.50. The highest BCUT2D eigenvalue weighted by atomic mass is 16.5. The van der Waals surface area contributed by atoms with Gasteiger partial charge >= 0.3 is 0 Å². The number of nitriles is 1. The second-order valence-corrected chi connectivity index (χ2v) is 5.20. The van der Waals surface area contributed by atoms with Gasteiger partial charge in [0.15, 0.2) is 11.4 Å². The SMILES string of the molecule is CCN(C[C@@H](C)C#N)C(=O)c1nn(-c2ccccc2)cc1OC. The van der Waals surface area contributed by atoms with E-state index in [0.717, 1.165) is 5.69 Å². The second-order valence-electron chi connectivity index (χ2n) is 5.20. The number of hydrogen-bond acceptors (Lipinski definition) is 4. The molecule has 0 aliphatic rings. The molecule has 1 atom stereocenters. The number of para-hydroxylation sites is 1. The molecule has 6 nitrogen and oxygen atoms in total. The standard InChI is InChI=1S/C17H20N4O2/c1-4-20(11-13(2)10-18)17(22)16-15(23-3)12-21(19-16)14-8-6-5-7-9-14/h5-9,12-13H,4,11H2,1-3H3/t13-/m0/s1. The number of carbonyl (C=O) groups excluding carboxylic acids is 1. The Morgan fingerprint density at radius 2 is 2.13 bits per heavy atom. The molecule has 0 spiro atoms. The van der Waals surface area contributed by atoms with Crippen molar-refractivity contribution < 1.29 is 9.53 Å². The molecule has 0 aliphatic carbocycles. The fourth-order valence-corrected chi connectivity index (χ4v) is 2.25. The van der Waals surface area contributed by atoms with Gasteiger partial charge in [-0.2, -0.15) is 10.4 Å². The van der Waals surface area contributed by atoms with Crippen molar-refractivity contribution in [2.75, 3.05) is 20.2 Å². The highest BCUT2D eigenvalue weighted by Crippen LogP contribution is 2.21. The number of hydrogen-bond donors (Lipinski definition) is 0. The third kappa shape index (κ3) is 3.69. The lowest BCUT2D eigenvalue weighted by atomic mass is 10.2. The van der Waals surface area contributed by atoms with E-state index in [1.54, 1.807) is 22.7 Å². The lowest BCUT2D eigenvalue weighted by Crippen LogP contribution is -2.34. The Morgan fingerprint density at radius 3 is 2.70 bits per heavy atom. The molecule has 120 valence electrons. The van der Waals surface area contributed by atoms with Crippen molar-refractivity contribution >= 4 is 5.91 Å². The minimum atomic E-state index is -0.235. The average molecular weight is 312 g/mol. The molecule has 2 rings (SSSR count). The van der Waals surface area contributed by atoms with Crippen LogP contribution in [-0.2, 0) is 0 Å². The molecule has 0 N–H and O–H groups in total. The van der Waals surface area contributed by atoms with E-state index in [9.17, 15) is 4.79 Å². The molecule has 0 saturated heterocycles. The van der Waals surface area contributed by atoms with Crippen molar-refractivity contribution in [2.45, 2.75) is 13.8 Å². The van der Waals surface area contributed by atoms with Gasteiger partial charge in [-0.1, -0.05) is 18.2 Å². The molecule has 1 aromatic heterocycles. The van der Waals surface area contributed by atoms with Crippen LogP contribution < -0.4 is 4.74 Å². The summed E-state index contributed by atoms with van der Waals surface area (Å²) in [5, 5.41) is 13.3. The van der Waals surface area contributed by atoms with Crippen LogP contribution in [0, 0.1) is 17.2 Å². The highest BCUT2D eigenvalue weighted by Gasteiger charge is 2.24. The normalized spacial score (nSPS) is 11.6. The Morgan fingerprint density at radius 1 is 1.43 bits per heavy atom. The van der Waals surface area contributed by atoms with Crippen LogP contribution >= 0.6 is 0 Å². The van der Waals surface area contributed by atoms with Crippen molar-refractivity contribution in [1.82, 2.24) is 14.7 Å². The predicted molar refractivity (Wildman–Crippen MR) is 86.5 cm³/mol. The average Bonchev–Trinajstić information content (AvgIpc) is 3.04. The number of aromatic nitrogens is 2. The molecule has 0 saturated carbocycles. The number of benzene rings is 1. The van der Waals surface area contributed by atoms with Crippen molar-refractivity contribution in [1.29, 1.82) is 5.26 Å². The molecule has 1 amide bonds. The Labute approximate surface area is 135 Å². The van der Waals surface area contributed by atoms with Crippen LogP contribution in [0.4, 0.5) is 0 Å². The highest BCUT2D eigenvalue weighted by molar-refractivity contribution is 5.95. The summed E-state index contributed by atoms with van der Waals surface area (Å²) in [5.74, 6) is -0.0517. The maximum absolute atomic E-state index is 12.7.